The maximum Gasteiger partial charge on any atom is 0.328 e. The minimum absolute atomic E-state index is 0.269. The van der Waals surface area contributed by atoms with Gasteiger partial charge in [0.15, 0.2) is 0 Å². The monoisotopic (exact) mass is 295 g/mol. The first-order chi connectivity index (χ1) is 8.51. The van der Waals surface area contributed by atoms with Gasteiger partial charge in [0.2, 0.25) is 5.91 Å². The summed E-state index contributed by atoms with van der Waals surface area (Å²) in [6.07, 6.45) is 3.67. The molecule has 0 rings (SSSR count). The fourth-order valence-corrected chi connectivity index (χ4v) is 2.24. The van der Waals surface area contributed by atoms with E-state index in [1.807, 2.05) is 0 Å². The highest BCUT2D eigenvalue weighted by Gasteiger charge is 2.18. The highest BCUT2D eigenvalue weighted by molar-refractivity contribution is 7.81. The van der Waals surface area contributed by atoms with Gasteiger partial charge in [-0.3, -0.25) is 4.79 Å². The number of aliphatic hydroxyl groups is 1. The molecule has 7 heteroatoms. The lowest BCUT2D eigenvalue weighted by Crippen LogP contribution is -2.43. The molecule has 0 aliphatic carbocycles. The van der Waals surface area contributed by atoms with E-state index in [0.29, 0.717) is 11.7 Å². The van der Waals surface area contributed by atoms with Crippen LogP contribution in [0.4, 0.5) is 0 Å². The number of carbonyl (C=O) groups is 2. The van der Waals surface area contributed by atoms with Gasteiger partial charge in [-0.1, -0.05) is 6.42 Å². The Morgan fingerprint density at radius 3 is 2.39 bits per heavy atom. The van der Waals surface area contributed by atoms with Crippen molar-refractivity contribution in [1.29, 1.82) is 0 Å². The van der Waals surface area contributed by atoms with E-state index in [2.05, 4.69) is 30.6 Å². The van der Waals surface area contributed by atoms with Crippen LogP contribution in [0.3, 0.4) is 0 Å². The standard InChI is InChI=1S/C11H21NO4S2/c13-7-9(11(15)16)12-10(14)4-2-1-3-8(18)5-6-17/h8-9,13,17-18H,1-7H2,(H,12,14)(H,15,16). The largest absolute Gasteiger partial charge is 0.480 e. The van der Waals surface area contributed by atoms with Crippen LogP contribution in [-0.2, 0) is 9.59 Å². The van der Waals surface area contributed by atoms with E-state index in [1.165, 1.54) is 0 Å². The fourth-order valence-electron chi connectivity index (χ4n) is 1.41. The normalized spacial score (nSPS) is 13.9. The van der Waals surface area contributed by atoms with E-state index >= 15 is 0 Å². The molecule has 0 spiro atoms. The van der Waals surface area contributed by atoms with Gasteiger partial charge in [-0.15, -0.1) is 0 Å². The van der Waals surface area contributed by atoms with Crippen LogP contribution in [0.25, 0.3) is 0 Å². The zero-order valence-corrected chi connectivity index (χ0v) is 12.0. The van der Waals surface area contributed by atoms with Gasteiger partial charge in [-0.25, -0.2) is 4.79 Å². The first-order valence-electron chi connectivity index (χ1n) is 5.93. The molecule has 0 saturated heterocycles. The second-order valence-electron chi connectivity index (χ2n) is 4.05. The second kappa shape index (κ2) is 10.5. The van der Waals surface area contributed by atoms with Gasteiger partial charge in [0.05, 0.1) is 6.61 Å². The van der Waals surface area contributed by atoms with E-state index in [-0.39, 0.29) is 12.3 Å². The Labute approximate surface area is 118 Å². The third kappa shape index (κ3) is 8.66. The summed E-state index contributed by atoms with van der Waals surface area (Å²) in [7, 11) is 0. The summed E-state index contributed by atoms with van der Waals surface area (Å²) in [5.41, 5.74) is 0. The number of carboxylic acids is 1. The van der Waals surface area contributed by atoms with Crippen LogP contribution in [0.5, 0.6) is 0 Å². The topological polar surface area (TPSA) is 86.6 Å². The molecule has 5 nitrogen and oxygen atoms in total. The molecular formula is C11H21NO4S2. The Kier molecular flexibility index (Phi) is 10.3. The molecule has 2 atom stereocenters. The van der Waals surface area contributed by atoms with Gasteiger partial charge in [0.25, 0.3) is 0 Å². The summed E-state index contributed by atoms with van der Waals surface area (Å²) in [5.74, 6) is -0.776. The average Bonchev–Trinajstić information content (AvgIpc) is 2.31. The van der Waals surface area contributed by atoms with Crippen LogP contribution >= 0.6 is 25.3 Å². The predicted octanol–water partition coefficient (Wildman–Crippen LogP) is 0.727. The van der Waals surface area contributed by atoms with Gasteiger partial charge in [0, 0.05) is 11.7 Å². The Morgan fingerprint density at radius 2 is 1.89 bits per heavy atom. The molecule has 0 radical (unpaired) electrons. The van der Waals surface area contributed by atoms with E-state index in [9.17, 15) is 9.59 Å². The molecule has 18 heavy (non-hydrogen) atoms. The second-order valence-corrected chi connectivity index (χ2v) is 5.23. The van der Waals surface area contributed by atoms with Gasteiger partial charge < -0.3 is 15.5 Å². The number of hydrogen-bond acceptors (Lipinski definition) is 5. The number of carbonyl (C=O) groups excluding carboxylic acids is 1. The summed E-state index contributed by atoms with van der Waals surface area (Å²) >= 11 is 8.48. The van der Waals surface area contributed by atoms with Gasteiger partial charge in [-0.2, -0.15) is 25.3 Å². The van der Waals surface area contributed by atoms with Crippen LogP contribution < -0.4 is 5.32 Å². The molecule has 0 aliphatic rings. The number of carboxylic acid groups (broad SMARTS) is 1. The highest BCUT2D eigenvalue weighted by Crippen LogP contribution is 2.12. The van der Waals surface area contributed by atoms with E-state index in [0.717, 1.165) is 25.0 Å². The molecule has 3 N–H and O–H groups in total. The zero-order chi connectivity index (χ0) is 14.0. The Balaban J connectivity index is 3.68. The SMILES string of the molecule is O=C(CCCCC(S)CCS)NC(CO)C(=O)O. The van der Waals surface area contributed by atoms with Crippen molar-refractivity contribution < 1.29 is 19.8 Å². The molecule has 0 aromatic rings. The number of aliphatic hydroxyl groups excluding tert-OH is 1. The molecule has 0 aromatic heterocycles. The van der Waals surface area contributed by atoms with Gasteiger partial charge in [0.1, 0.15) is 6.04 Å². The van der Waals surface area contributed by atoms with Crippen molar-refractivity contribution in [2.45, 2.75) is 43.4 Å². The molecule has 1 amide bonds. The summed E-state index contributed by atoms with van der Waals surface area (Å²) < 4.78 is 0. The lowest BCUT2D eigenvalue weighted by Gasteiger charge is -2.12. The Bertz CT molecular complexity index is 263. The van der Waals surface area contributed by atoms with E-state index in [1.54, 1.807) is 0 Å². The van der Waals surface area contributed by atoms with Crippen molar-refractivity contribution in [2.75, 3.05) is 12.4 Å². The molecule has 0 saturated carbocycles. The molecule has 0 aromatic carbocycles. The molecule has 2 unspecified atom stereocenters. The molecule has 0 heterocycles. The first-order valence-corrected chi connectivity index (χ1v) is 7.08. The van der Waals surface area contributed by atoms with Crippen LogP contribution in [0.1, 0.15) is 32.1 Å². The number of hydrogen-bond donors (Lipinski definition) is 5. The number of unbranched alkanes of at least 4 members (excludes halogenated alkanes) is 1. The van der Waals surface area contributed by atoms with Crippen LogP contribution in [-0.4, -0.2) is 45.7 Å². The molecule has 0 aliphatic heterocycles. The molecule has 0 bridgehead atoms. The zero-order valence-electron chi connectivity index (χ0n) is 10.2. The van der Waals surface area contributed by atoms with Crippen molar-refractivity contribution in [3.63, 3.8) is 0 Å². The average molecular weight is 295 g/mol. The Morgan fingerprint density at radius 1 is 1.22 bits per heavy atom. The predicted molar refractivity (Wildman–Crippen MR) is 76.4 cm³/mol. The lowest BCUT2D eigenvalue weighted by atomic mass is 10.1. The number of rotatable bonds is 10. The number of amides is 1. The maximum absolute atomic E-state index is 11.4. The summed E-state index contributed by atoms with van der Waals surface area (Å²) in [4.78, 5) is 21.9. The highest BCUT2D eigenvalue weighted by atomic mass is 32.1. The van der Waals surface area contributed by atoms with Crippen molar-refractivity contribution in [2.24, 2.45) is 0 Å². The van der Waals surface area contributed by atoms with Crippen molar-refractivity contribution in [3.8, 4) is 0 Å². The van der Waals surface area contributed by atoms with Crippen LogP contribution in [0.15, 0.2) is 0 Å². The third-order valence-electron chi connectivity index (χ3n) is 2.47. The van der Waals surface area contributed by atoms with Crippen molar-refractivity contribution in [3.05, 3.63) is 0 Å². The summed E-state index contributed by atoms with van der Waals surface area (Å²) in [6, 6.07) is -1.21. The van der Waals surface area contributed by atoms with Crippen LogP contribution in [0.2, 0.25) is 0 Å². The van der Waals surface area contributed by atoms with Crippen LogP contribution in [0, 0.1) is 0 Å². The number of nitrogens with one attached hydrogen (secondary N) is 1. The fraction of sp³-hybridized carbons (Fsp3) is 0.818. The molecule has 106 valence electrons. The van der Waals surface area contributed by atoms with Gasteiger partial charge >= 0.3 is 5.97 Å². The third-order valence-corrected chi connectivity index (χ3v) is 3.24. The smallest absolute Gasteiger partial charge is 0.328 e. The number of aliphatic carboxylic acids is 1. The molecule has 0 fully saturated rings. The minimum Gasteiger partial charge on any atom is -0.480 e. The lowest BCUT2D eigenvalue weighted by molar-refractivity contribution is -0.142. The quantitative estimate of drug-likeness (QED) is 0.304. The number of thiol groups is 2. The summed E-state index contributed by atoms with van der Waals surface area (Å²) in [6.45, 7) is -0.596. The molecular weight excluding hydrogens is 274 g/mol. The Hall–Kier alpha value is -0.400. The van der Waals surface area contributed by atoms with Gasteiger partial charge in [-0.05, 0) is 25.0 Å². The first kappa shape index (κ1) is 17.6. The maximum atomic E-state index is 11.4. The van der Waals surface area contributed by atoms with E-state index < -0.39 is 18.6 Å². The minimum atomic E-state index is -1.23. The summed E-state index contributed by atoms with van der Waals surface area (Å²) in [5, 5.41) is 19.9. The van der Waals surface area contributed by atoms with Crippen molar-refractivity contribution in [1.82, 2.24) is 5.32 Å². The van der Waals surface area contributed by atoms with E-state index in [4.69, 9.17) is 10.2 Å². The van der Waals surface area contributed by atoms with Crippen molar-refractivity contribution >= 4 is 37.1 Å².